The number of hydrogen-bond donors (Lipinski definition) is 0. The Morgan fingerprint density at radius 3 is 2.15 bits per heavy atom. The maximum absolute atomic E-state index is 9.60. The van der Waals surface area contributed by atoms with E-state index in [0.717, 1.165) is 22.5 Å². The molecule has 4 aromatic rings. The van der Waals surface area contributed by atoms with Crippen LogP contribution in [-0.4, -0.2) is 14.6 Å². The summed E-state index contributed by atoms with van der Waals surface area (Å²) in [6, 6.07) is 25.8. The third kappa shape index (κ3) is 2.58. The molecule has 2 heterocycles. The summed E-state index contributed by atoms with van der Waals surface area (Å²) in [5, 5.41) is 23.2. The molecule has 0 atom stereocenters. The standard InChI is InChI=1S/C21H13N5/c22-12-11-18-17(14-23)21-24-19(15-7-3-1-4-8-15)13-20(26(21)25-18)16-9-5-2-6-10-16/h1-10,13H,11H2. The van der Waals surface area contributed by atoms with Crippen LogP contribution in [0.4, 0.5) is 0 Å². The quantitative estimate of drug-likeness (QED) is 0.567. The second-order valence-electron chi connectivity index (χ2n) is 5.76. The van der Waals surface area contributed by atoms with Crippen LogP contribution in [0.3, 0.4) is 0 Å². The van der Waals surface area contributed by atoms with Gasteiger partial charge in [-0.3, -0.25) is 0 Å². The lowest BCUT2D eigenvalue weighted by molar-refractivity contribution is 0.912. The highest BCUT2D eigenvalue weighted by Gasteiger charge is 2.18. The summed E-state index contributed by atoms with van der Waals surface area (Å²) in [4.78, 5) is 4.67. The molecule has 2 aromatic carbocycles. The fourth-order valence-electron chi connectivity index (χ4n) is 2.95. The van der Waals surface area contributed by atoms with E-state index in [0.29, 0.717) is 16.9 Å². The SMILES string of the molecule is N#CCc1nn2c(-c3ccccc3)cc(-c3ccccc3)nc2c1C#N. The van der Waals surface area contributed by atoms with Gasteiger partial charge in [0, 0.05) is 11.1 Å². The van der Waals surface area contributed by atoms with Crippen molar-refractivity contribution in [2.24, 2.45) is 0 Å². The molecule has 2 aromatic heterocycles. The zero-order valence-corrected chi connectivity index (χ0v) is 13.8. The summed E-state index contributed by atoms with van der Waals surface area (Å²) in [7, 11) is 0. The van der Waals surface area contributed by atoms with Gasteiger partial charge in [0.05, 0.1) is 29.6 Å². The first kappa shape index (κ1) is 15.6. The average molecular weight is 335 g/mol. The molecule has 0 N–H and O–H groups in total. The normalized spacial score (nSPS) is 10.4. The first-order valence-electron chi connectivity index (χ1n) is 8.12. The Balaban J connectivity index is 2.08. The van der Waals surface area contributed by atoms with Gasteiger partial charge < -0.3 is 0 Å². The van der Waals surface area contributed by atoms with Crippen LogP contribution in [0, 0.1) is 22.7 Å². The van der Waals surface area contributed by atoms with E-state index in [-0.39, 0.29) is 6.42 Å². The Labute approximate surface area is 150 Å². The van der Waals surface area contributed by atoms with Gasteiger partial charge in [0.25, 0.3) is 0 Å². The van der Waals surface area contributed by atoms with Gasteiger partial charge in [0.1, 0.15) is 11.6 Å². The van der Waals surface area contributed by atoms with Crippen molar-refractivity contribution in [2.75, 3.05) is 0 Å². The molecule has 5 nitrogen and oxygen atoms in total. The van der Waals surface area contributed by atoms with Crippen molar-refractivity contribution in [1.29, 1.82) is 10.5 Å². The molecule has 0 amide bonds. The lowest BCUT2D eigenvalue weighted by Gasteiger charge is -2.08. The van der Waals surface area contributed by atoms with Crippen LogP contribution in [0.5, 0.6) is 0 Å². The molecule has 0 spiro atoms. The van der Waals surface area contributed by atoms with E-state index < -0.39 is 0 Å². The van der Waals surface area contributed by atoms with Gasteiger partial charge in [-0.15, -0.1) is 0 Å². The minimum atomic E-state index is 0.0706. The second-order valence-corrected chi connectivity index (χ2v) is 5.76. The van der Waals surface area contributed by atoms with E-state index in [2.05, 4.69) is 22.2 Å². The van der Waals surface area contributed by atoms with Gasteiger partial charge >= 0.3 is 0 Å². The van der Waals surface area contributed by atoms with Crippen molar-refractivity contribution in [3.8, 4) is 34.7 Å². The maximum Gasteiger partial charge on any atom is 0.174 e. The summed E-state index contributed by atoms with van der Waals surface area (Å²) < 4.78 is 1.66. The molecule has 0 fully saturated rings. The molecule has 0 saturated heterocycles. The molecule has 0 radical (unpaired) electrons. The summed E-state index contributed by atoms with van der Waals surface area (Å²) in [5.41, 5.74) is 4.78. The van der Waals surface area contributed by atoms with Crippen LogP contribution in [0.25, 0.3) is 28.2 Å². The zero-order valence-electron chi connectivity index (χ0n) is 13.8. The number of aromatic nitrogens is 3. The number of fused-ring (bicyclic) bond motifs is 1. The van der Waals surface area contributed by atoms with E-state index >= 15 is 0 Å². The molecule has 26 heavy (non-hydrogen) atoms. The van der Waals surface area contributed by atoms with E-state index in [1.165, 1.54) is 0 Å². The fourth-order valence-corrected chi connectivity index (χ4v) is 2.95. The lowest BCUT2D eigenvalue weighted by Crippen LogP contribution is -1.99. The molecular formula is C21H13N5. The third-order valence-electron chi connectivity index (χ3n) is 4.16. The molecule has 4 rings (SSSR count). The fraction of sp³-hybridized carbons (Fsp3) is 0.0476. The number of rotatable bonds is 3. The maximum atomic E-state index is 9.60. The minimum Gasteiger partial charge on any atom is -0.227 e. The molecule has 0 aliphatic heterocycles. The third-order valence-corrected chi connectivity index (χ3v) is 4.16. The largest absolute Gasteiger partial charge is 0.227 e. The van der Waals surface area contributed by atoms with Crippen LogP contribution < -0.4 is 0 Å². The van der Waals surface area contributed by atoms with E-state index in [9.17, 15) is 5.26 Å². The van der Waals surface area contributed by atoms with Crippen molar-refractivity contribution >= 4 is 5.65 Å². The predicted molar refractivity (Wildman–Crippen MR) is 97.9 cm³/mol. The van der Waals surface area contributed by atoms with Crippen molar-refractivity contribution in [2.45, 2.75) is 6.42 Å². The van der Waals surface area contributed by atoms with Crippen LogP contribution in [-0.2, 0) is 6.42 Å². The number of benzene rings is 2. The van der Waals surface area contributed by atoms with Gasteiger partial charge in [-0.2, -0.15) is 15.6 Å². The van der Waals surface area contributed by atoms with Gasteiger partial charge in [-0.1, -0.05) is 60.7 Å². The molecule has 0 bridgehead atoms. The van der Waals surface area contributed by atoms with Crippen molar-refractivity contribution < 1.29 is 0 Å². The molecule has 0 unspecified atom stereocenters. The number of hydrogen-bond acceptors (Lipinski definition) is 4. The second kappa shape index (κ2) is 6.51. The van der Waals surface area contributed by atoms with Crippen molar-refractivity contribution in [3.63, 3.8) is 0 Å². The first-order chi connectivity index (χ1) is 12.8. The Kier molecular flexibility index (Phi) is 3.89. The number of nitriles is 2. The molecule has 0 aliphatic rings. The lowest BCUT2D eigenvalue weighted by atomic mass is 10.1. The van der Waals surface area contributed by atoms with Crippen LogP contribution in [0.15, 0.2) is 66.7 Å². The van der Waals surface area contributed by atoms with E-state index in [4.69, 9.17) is 5.26 Å². The molecule has 122 valence electrons. The average Bonchev–Trinajstić information content (AvgIpc) is 3.06. The van der Waals surface area contributed by atoms with E-state index in [1.54, 1.807) is 4.52 Å². The Morgan fingerprint density at radius 2 is 1.54 bits per heavy atom. The Hall–Kier alpha value is -3.96. The summed E-state index contributed by atoms with van der Waals surface area (Å²) in [6.07, 6.45) is 0.0706. The van der Waals surface area contributed by atoms with Crippen LogP contribution in [0.2, 0.25) is 0 Å². The highest BCUT2D eigenvalue weighted by molar-refractivity contribution is 5.74. The van der Waals surface area contributed by atoms with Gasteiger partial charge in [0.2, 0.25) is 0 Å². The van der Waals surface area contributed by atoms with Gasteiger partial charge in [-0.25, -0.2) is 9.50 Å². The van der Waals surface area contributed by atoms with Gasteiger partial charge in [-0.05, 0) is 6.07 Å². The van der Waals surface area contributed by atoms with Crippen LogP contribution in [0.1, 0.15) is 11.3 Å². The van der Waals surface area contributed by atoms with Crippen molar-refractivity contribution in [3.05, 3.63) is 78.0 Å². The van der Waals surface area contributed by atoms with E-state index in [1.807, 2.05) is 66.7 Å². The highest BCUT2D eigenvalue weighted by Crippen LogP contribution is 2.28. The predicted octanol–water partition coefficient (Wildman–Crippen LogP) is 4.00. The molecule has 0 saturated carbocycles. The van der Waals surface area contributed by atoms with Crippen LogP contribution >= 0.6 is 0 Å². The smallest absolute Gasteiger partial charge is 0.174 e. The Morgan fingerprint density at radius 1 is 0.885 bits per heavy atom. The topological polar surface area (TPSA) is 77.8 Å². The highest BCUT2D eigenvalue weighted by atomic mass is 15.3. The minimum absolute atomic E-state index is 0.0706. The monoisotopic (exact) mass is 335 g/mol. The van der Waals surface area contributed by atoms with Gasteiger partial charge in [0.15, 0.2) is 5.65 Å². The molecule has 0 aliphatic carbocycles. The zero-order chi connectivity index (χ0) is 17.9. The molecular weight excluding hydrogens is 322 g/mol. The number of nitrogens with zero attached hydrogens (tertiary/aromatic N) is 5. The first-order valence-corrected chi connectivity index (χ1v) is 8.12. The summed E-state index contributed by atoms with van der Waals surface area (Å²) in [6.45, 7) is 0. The summed E-state index contributed by atoms with van der Waals surface area (Å²) in [5.74, 6) is 0. The molecule has 5 heteroatoms. The summed E-state index contributed by atoms with van der Waals surface area (Å²) >= 11 is 0. The van der Waals surface area contributed by atoms with Crippen molar-refractivity contribution in [1.82, 2.24) is 14.6 Å². The Bertz CT molecular complexity index is 1160.